The Morgan fingerprint density at radius 2 is 0.875 bits per heavy atom. The van der Waals surface area contributed by atoms with E-state index in [1.807, 2.05) is 0 Å². The van der Waals surface area contributed by atoms with Crippen LogP contribution in [0.1, 0.15) is 0 Å². The van der Waals surface area contributed by atoms with E-state index in [0.29, 0.717) is 0 Å². The van der Waals surface area contributed by atoms with E-state index in [2.05, 4.69) is 0 Å². The van der Waals surface area contributed by atoms with Gasteiger partial charge in [-0.3, -0.25) is 8.42 Å². The standard InChI is InChI=1S/2CH2O3.Mg.2Na.H2O4S/c2*2-1(3)4;;;;1-5(2,3)4/h2*(H2,2,3,4);;;;(H2,1,2,3,4)/q;;+2;2*+1;/p-4. The molecule has 0 saturated carbocycles. The monoisotopic (exact) mass is 288 g/mol. The van der Waals surface area contributed by atoms with Gasteiger partial charge in [-0.05, 0) is 0 Å². The number of hydrogen-bond donors (Lipinski definition) is 2. The van der Waals surface area contributed by atoms with Gasteiger partial charge in [-0.15, -0.1) is 0 Å². The van der Waals surface area contributed by atoms with Crippen LogP contribution in [0.4, 0.5) is 9.59 Å². The molecule has 0 saturated heterocycles. The summed E-state index contributed by atoms with van der Waals surface area (Å²) >= 11 is 0. The van der Waals surface area contributed by atoms with Gasteiger partial charge in [0, 0.05) is 10.4 Å². The van der Waals surface area contributed by atoms with Crippen molar-refractivity contribution in [3.05, 3.63) is 0 Å². The van der Waals surface area contributed by atoms with Crippen LogP contribution >= 0.6 is 0 Å². The summed E-state index contributed by atoms with van der Waals surface area (Å²) in [6.45, 7) is 0. The van der Waals surface area contributed by atoms with E-state index in [1.54, 1.807) is 0 Å². The molecule has 0 aliphatic carbocycles. The molecule has 0 rings (SSSR count). The molecule has 0 heterocycles. The predicted octanol–water partition coefficient (Wildman–Crippen LogP) is -9.94. The number of rotatable bonds is 0. The minimum Gasteiger partial charge on any atom is -0.759 e. The molecule has 80 valence electrons. The SMILES string of the molecule is O=C([O-])O.O=C([O-])O.O=S(=O)([O-])[O-].[Mg+2].[Na+].[Na+]. The van der Waals surface area contributed by atoms with E-state index >= 15 is 0 Å². The van der Waals surface area contributed by atoms with Crippen molar-refractivity contribution in [2.45, 2.75) is 0 Å². The van der Waals surface area contributed by atoms with Gasteiger partial charge in [0.2, 0.25) is 12.3 Å². The molecule has 0 amide bonds. The van der Waals surface area contributed by atoms with E-state index in [-0.39, 0.29) is 82.2 Å². The molecule has 16 heavy (non-hydrogen) atoms. The van der Waals surface area contributed by atoms with E-state index in [4.69, 9.17) is 47.5 Å². The number of carbonyl (C=O) groups is 2. The molecule has 0 bridgehead atoms. The first kappa shape index (κ1) is 36.0. The normalized spacial score (nSPS) is 6.62. The third kappa shape index (κ3) is 2200. The van der Waals surface area contributed by atoms with Crippen LogP contribution in [0.3, 0.4) is 0 Å². The van der Waals surface area contributed by atoms with Gasteiger partial charge in [-0.2, -0.15) is 0 Å². The largest absolute Gasteiger partial charge is 2.00 e. The van der Waals surface area contributed by atoms with E-state index in [9.17, 15) is 0 Å². The van der Waals surface area contributed by atoms with Crippen LogP contribution < -0.4 is 69.3 Å². The molecule has 10 nitrogen and oxygen atoms in total. The van der Waals surface area contributed by atoms with Crippen LogP contribution in [0, 0.1) is 0 Å². The van der Waals surface area contributed by atoms with Crippen molar-refractivity contribution in [3.8, 4) is 0 Å². The zero-order chi connectivity index (χ0) is 11.7. The van der Waals surface area contributed by atoms with Crippen LogP contribution in [0.15, 0.2) is 0 Å². The Hall–Kier alpha value is 1.18. The smallest absolute Gasteiger partial charge is 0.759 e. The zero-order valence-corrected chi connectivity index (χ0v) is 14.5. The molecular formula is C2H2MgNa2O10S. The summed E-state index contributed by atoms with van der Waals surface area (Å²) in [5.41, 5.74) is 0. The van der Waals surface area contributed by atoms with Gasteiger partial charge < -0.3 is 39.1 Å². The Morgan fingerprint density at radius 3 is 0.875 bits per heavy atom. The predicted molar refractivity (Wildman–Crippen MR) is 32.3 cm³/mol. The Bertz CT molecular complexity index is 222. The maximum atomic E-state index is 8.52. The third-order valence-electron chi connectivity index (χ3n) is 0. The molecule has 2 N–H and O–H groups in total. The van der Waals surface area contributed by atoms with Crippen molar-refractivity contribution in [1.82, 2.24) is 0 Å². The average molecular weight is 288 g/mol. The average Bonchev–Trinajstić information content (AvgIpc) is 1.50. The quantitative estimate of drug-likeness (QED) is 0.245. The van der Waals surface area contributed by atoms with E-state index in [0.717, 1.165) is 0 Å². The van der Waals surface area contributed by atoms with Gasteiger partial charge >= 0.3 is 82.2 Å². The van der Waals surface area contributed by atoms with Crippen LogP contribution in [0.5, 0.6) is 0 Å². The zero-order valence-electron chi connectivity index (χ0n) is 8.28. The van der Waals surface area contributed by atoms with Gasteiger partial charge in [0.1, 0.15) is 0 Å². The fourth-order valence-corrected chi connectivity index (χ4v) is 0. The molecule has 0 aromatic heterocycles. The first-order chi connectivity index (χ1) is 5.46. The van der Waals surface area contributed by atoms with Gasteiger partial charge in [-0.25, -0.2) is 0 Å². The molecule has 0 radical (unpaired) electrons. The van der Waals surface area contributed by atoms with Crippen LogP contribution in [0.25, 0.3) is 0 Å². The summed E-state index contributed by atoms with van der Waals surface area (Å²) < 4.78 is 34.1. The Kier molecular flexibility index (Phi) is 48.3. The van der Waals surface area contributed by atoms with Gasteiger partial charge in [-0.1, -0.05) is 0 Å². The van der Waals surface area contributed by atoms with Crippen molar-refractivity contribution < 1.29 is 107 Å². The molecule has 0 spiro atoms. The molecule has 0 atom stereocenters. The maximum Gasteiger partial charge on any atom is 2.00 e. The molecule has 0 aromatic rings. The van der Waals surface area contributed by atoms with Crippen molar-refractivity contribution in [2.75, 3.05) is 0 Å². The summed E-state index contributed by atoms with van der Waals surface area (Å²) in [5, 5.41) is 30.6. The van der Waals surface area contributed by atoms with E-state index in [1.165, 1.54) is 0 Å². The van der Waals surface area contributed by atoms with E-state index < -0.39 is 22.7 Å². The van der Waals surface area contributed by atoms with Crippen molar-refractivity contribution in [1.29, 1.82) is 0 Å². The topological polar surface area (TPSA) is 201 Å². The maximum absolute atomic E-state index is 8.52. The fraction of sp³-hybridized carbons (Fsp3) is 0. The molecule has 0 fully saturated rings. The first-order valence-corrected chi connectivity index (χ1v) is 3.26. The van der Waals surface area contributed by atoms with Crippen LogP contribution in [0.2, 0.25) is 0 Å². The second-order valence-corrected chi connectivity index (χ2v) is 1.76. The summed E-state index contributed by atoms with van der Waals surface area (Å²) in [6.07, 6.45) is -4.17. The number of carboxylic acid groups (broad SMARTS) is 4. The van der Waals surface area contributed by atoms with Crippen LogP contribution in [-0.4, -0.2) is 63.1 Å². The van der Waals surface area contributed by atoms with Crippen LogP contribution in [-0.2, 0) is 10.4 Å². The van der Waals surface area contributed by atoms with Crippen molar-refractivity contribution in [3.63, 3.8) is 0 Å². The Morgan fingerprint density at radius 1 is 0.875 bits per heavy atom. The fourth-order valence-electron chi connectivity index (χ4n) is 0. The molecule has 0 aromatic carbocycles. The third-order valence-corrected chi connectivity index (χ3v) is 0. The summed E-state index contributed by atoms with van der Waals surface area (Å²) in [6, 6.07) is 0. The summed E-state index contributed by atoms with van der Waals surface area (Å²) in [5.74, 6) is 0. The molecular weight excluding hydrogens is 286 g/mol. The molecule has 0 unspecified atom stereocenters. The Balaban J connectivity index is -0.0000000216. The summed E-state index contributed by atoms with van der Waals surface area (Å²) in [7, 11) is -5.17. The molecule has 0 aliphatic rings. The van der Waals surface area contributed by atoms with Crippen molar-refractivity contribution >= 4 is 45.8 Å². The second-order valence-electron chi connectivity index (χ2n) is 0.940. The second kappa shape index (κ2) is 21.5. The molecule has 14 heteroatoms. The van der Waals surface area contributed by atoms with Gasteiger partial charge in [0.25, 0.3) is 0 Å². The molecule has 0 aliphatic heterocycles. The van der Waals surface area contributed by atoms with Gasteiger partial charge in [0.05, 0.1) is 0 Å². The Labute approximate surface area is 150 Å². The number of hydrogen-bond acceptors (Lipinski definition) is 8. The van der Waals surface area contributed by atoms with Gasteiger partial charge in [0.15, 0.2) is 0 Å². The first-order valence-electron chi connectivity index (χ1n) is 1.93. The minimum absolute atomic E-state index is 0. The van der Waals surface area contributed by atoms with Crippen molar-refractivity contribution in [2.24, 2.45) is 0 Å². The summed E-state index contributed by atoms with van der Waals surface area (Å²) in [4.78, 5) is 16.9. The minimum atomic E-state index is -5.17.